The van der Waals surface area contributed by atoms with E-state index in [-0.39, 0.29) is 0 Å². The first-order valence-corrected chi connectivity index (χ1v) is 19.8. The van der Waals surface area contributed by atoms with E-state index in [9.17, 15) is 0 Å². The zero-order valence-corrected chi connectivity index (χ0v) is 33.1. The van der Waals surface area contributed by atoms with Gasteiger partial charge in [-0.15, -0.1) is 0 Å². The summed E-state index contributed by atoms with van der Waals surface area (Å²) in [5, 5.41) is 32.2. The molecule has 1 aliphatic carbocycles. The first kappa shape index (κ1) is 33.5. The lowest BCUT2D eigenvalue weighted by molar-refractivity contribution is 0.665. The van der Waals surface area contributed by atoms with Crippen LogP contribution in [0, 0.1) is 0 Å². The van der Waals surface area contributed by atoms with Crippen molar-refractivity contribution in [2.75, 3.05) is 16.8 Å². The van der Waals surface area contributed by atoms with E-state index in [1.54, 1.807) is 14.4 Å². The number of nitrogens with zero attached hydrogens (tertiary/aromatic N) is 12. The third-order valence-electron chi connectivity index (χ3n) is 12.3. The van der Waals surface area contributed by atoms with Gasteiger partial charge in [-0.3, -0.25) is 0 Å². The van der Waals surface area contributed by atoms with Gasteiger partial charge in [-0.05, 0) is 83.4 Å². The standard InChI is InChI=1S/C47H38N12/c1-54-36-14-8-6-11-31(36)33-25-27(17-21-38(33)54)29-19-23-41(46-43(29)49-57(4)52-46)59(40-16-10-13-35-45(40)51-56(3)48-35)42-24-20-30(44-47(42)53-58(5)50-44)28-18-22-39-34(26-28)32-12-7-9-15-37(32)55(39)2/h6-26,31,36H,1-5H3. The van der Waals surface area contributed by atoms with E-state index in [0.717, 1.165) is 72.4 Å². The number of rotatable bonds is 5. The normalized spacial score (nSPS) is 16.1. The second-order valence-corrected chi connectivity index (χ2v) is 15.7. The minimum absolute atomic E-state index is 0.297. The summed E-state index contributed by atoms with van der Waals surface area (Å²) in [5.41, 5.74) is 16.3. The summed E-state index contributed by atoms with van der Waals surface area (Å²) in [5.74, 6) is 0.297. The van der Waals surface area contributed by atoms with Gasteiger partial charge in [-0.2, -0.15) is 45.0 Å². The van der Waals surface area contributed by atoms with Crippen molar-refractivity contribution in [3.63, 3.8) is 0 Å². The van der Waals surface area contributed by atoms with Crippen LogP contribution in [0.15, 0.2) is 127 Å². The van der Waals surface area contributed by atoms with Crippen LogP contribution in [-0.4, -0.2) is 62.6 Å². The van der Waals surface area contributed by atoms with Crippen molar-refractivity contribution in [2.24, 2.45) is 28.2 Å². The molecule has 2 atom stereocenters. The first-order valence-electron chi connectivity index (χ1n) is 19.8. The molecule has 0 amide bonds. The van der Waals surface area contributed by atoms with Gasteiger partial charge >= 0.3 is 0 Å². The molecule has 2 aliphatic rings. The summed E-state index contributed by atoms with van der Waals surface area (Å²) in [4.78, 5) is 9.51. The van der Waals surface area contributed by atoms with Gasteiger partial charge in [0.15, 0.2) is 0 Å². The highest BCUT2D eigenvalue weighted by atomic mass is 15.5. The second kappa shape index (κ2) is 12.2. The van der Waals surface area contributed by atoms with Gasteiger partial charge in [0.2, 0.25) is 0 Å². The molecule has 59 heavy (non-hydrogen) atoms. The van der Waals surface area contributed by atoms with Crippen molar-refractivity contribution in [3.8, 4) is 22.3 Å². The van der Waals surface area contributed by atoms with Crippen LogP contribution in [-0.2, 0) is 28.2 Å². The van der Waals surface area contributed by atoms with Crippen LogP contribution in [0.2, 0.25) is 0 Å². The average Bonchev–Trinajstić information content (AvgIpc) is 4.07. The molecule has 12 nitrogen and oxygen atoms in total. The lowest BCUT2D eigenvalue weighted by Crippen LogP contribution is -2.28. The van der Waals surface area contributed by atoms with E-state index in [0.29, 0.717) is 12.0 Å². The van der Waals surface area contributed by atoms with E-state index in [4.69, 9.17) is 30.6 Å². The number of aryl methyl sites for hydroxylation is 4. The summed E-state index contributed by atoms with van der Waals surface area (Å²) in [6.07, 6.45) is 8.90. The Balaban J connectivity index is 1.07. The maximum absolute atomic E-state index is 5.06. The molecule has 0 saturated heterocycles. The van der Waals surface area contributed by atoms with Gasteiger partial charge in [0.1, 0.15) is 33.1 Å². The van der Waals surface area contributed by atoms with Crippen molar-refractivity contribution in [1.29, 1.82) is 0 Å². The van der Waals surface area contributed by atoms with Crippen molar-refractivity contribution in [2.45, 2.75) is 12.0 Å². The summed E-state index contributed by atoms with van der Waals surface area (Å²) in [7, 11) is 9.91. The molecule has 6 aromatic carbocycles. The van der Waals surface area contributed by atoms with Gasteiger partial charge in [0.05, 0.1) is 23.1 Å². The smallest absolute Gasteiger partial charge is 0.137 e. The Labute approximate surface area is 338 Å². The molecule has 5 heterocycles. The van der Waals surface area contributed by atoms with Gasteiger partial charge in [-0.25, -0.2) is 0 Å². The Kier molecular flexibility index (Phi) is 6.93. The minimum Gasteiger partial charge on any atom is -0.367 e. The van der Waals surface area contributed by atoms with E-state index in [1.807, 2.05) is 33.3 Å². The summed E-state index contributed by atoms with van der Waals surface area (Å²) in [6.45, 7) is 0. The Bertz CT molecular complexity index is 3450. The molecule has 0 bridgehead atoms. The molecule has 0 N–H and O–H groups in total. The molecule has 12 rings (SSSR count). The van der Waals surface area contributed by atoms with Crippen molar-refractivity contribution >= 4 is 77.7 Å². The van der Waals surface area contributed by atoms with Crippen LogP contribution in [0.25, 0.3) is 77.2 Å². The number of benzene rings is 6. The topological polar surface area (TPSA) is 104 Å². The minimum atomic E-state index is 0.297. The van der Waals surface area contributed by atoms with E-state index < -0.39 is 0 Å². The van der Waals surface area contributed by atoms with Gasteiger partial charge in [0.25, 0.3) is 0 Å². The number of allylic oxidation sites excluding steroid dienone is 2. The third-order valence-corrected chi connectivity index (χ3v) is 12.3. The lowest BCUT2D eigenvalue weighted by atomic mass is 9.89. The zero-order valence-electron chi connectivity index (χ0n) is 33.1. The molecule has 12 heteroatoms. The number of likely N-dealkylation sites (N-methyl/N-ethyl adjacent to an activating group) is 1. The first-order chi connectivity index (χ1) is 28.8. The fraction of sp³-hybridized carbons (Fsp3) is 0.149. The van der Waals surface area contributed by atoms with Crippen LogP contribution >= 0.6 is 0 Å². The molecule has 2 unspecified atom stereocenters. The molecule has 0 saturated carbocycles. The maximum Gasteiger partial charge on any atom is 0.137 e. The number of anilines is 4. The lowest BCUT2D eigenvalue weighted by Gasteiger charge is -2.26. The molecule has 286 valence electrons. The summed E-state index contributed by atoms with van der Waals surface area (Å²) >= 11 is 0. The van der Waals surface area contributed by atoms with Crippen molar-refractivity contribution in [3.05, 3.63) is 133 Å². The predicted molar refractivity (Wildman–Crippen MR) is 235 cm³/mol. The van der Waals surface area contributed by atoms with Crippen LogP contribution < -0.4 is 9.80 Å². The number of para-hydroxylation sites is 1. The van der Waals surface area contributed by atoms with Gasteiger partial charge in [-0.1, -0.05) is 60.7 Å². The number of aromatic nitrogens is 10. The molecule has 0 fully saturated rings. The van der Waals surface area contributed by atoms with Gasteiger partial charge in [0, 0.05) is 79.8 Å². The molecular formula is C47H38N12. The quantitative estimate of drug-likeness (QED) is 0.171. The number of fused-ring (bicyclic) bond motifs is 9. The average molecular weight is 771 g/mol. The predicted octanol–water partition coefficient (Wildman–Crippen LogP) is 9.01. The van der Waals surface area contributed by atoms with Gasteiger partial charge < -0.3 is 14.4 Å². The highest BCUT2D eigenvalue weighted by Gasteiger charge is 2.35. The fourth-order valence-electron chi connectivity index (χ4n) is 9.64. The summed E-state index contributed by atoms with van der Waals surface area (Å²) < 4.78 is 2.25. The van der Waals surface area contributed by atoms with Crippen LogP contribution in [0.1, 0.15) is 11.5 Å². The van der Waals surface area contributed by atoms with Crippen LogP contribution in [0.3, 0.4) is 0 Å². The molecule has 0 spiro atoms. The molecule has 4 aromatic heterocycles. The highest BCUT2D eigenvalue weighted by Crippen LogP contribution is 2.48. The largest absolute Gasteiger partial charge is 0.367 e. The SMILES string of the molecule is CN1c2ccc(-c3ccc(N(c4cccc5nn(C)nc45)c4ccc(-c5ccc6c(c5)c5ccccc5n6C)c5nn(C)nc45)c4nn(C)nc34)cc2C2C=CC=CC21. The molecule has 0 radical (unpaired) electrons. The van der Waals surface area contributed by atoms with E-state index in [1.165, 1.54) is 33.1 Å². The molecular weight excluding hydrogens is 733 g/mol. The third kappa shape index (κ3) is 4.83. The summed E-state index contributed by atoms with van der Waals surface area (Å²) in [6, 6.07) is 37.0. The Hall–Kier alpha value is -7.60. The Morgan fingerprint density at radius 1 is 0.492 bits per heavy atom. The monoisotopic (exact) mass is 770 g/mol. The van der Waals surface area contributed by atoms with Crippen LogP contribution in [0.4, 0.5) is 22.7 Å². The van der Waals surface area contributed by atoms with E-state index in [2.05, 4.69) is 144 Å². The highest BCUT2D eigenvalue weighted by molar-refractivity contribution is 6.12. The van der Waals surface area contributed by atoms with E-state index >= 15 is 0 Å². The number of hydrogen-bond donors (Lipinski definition) is 0. The second-order valence-electron chi connectivity index (χ2n) is 15.7. The van der Waals surface area contributed by atoms with Crippen LogP contribution in [0.5, 0.6) is 0 Å². The van der Waals surface area contributed by atoms with Crippen molar-refractivity contribution in [1.82, 2.24) is 49.5 Å². The molecule has 10 aromatic rings. The maximum atomic E-state index is 5.06. The number of hydrogen-bond acceptors (Lipinski definition) is 8. The molecule has 1 aliphatic heterocycles. The zero-order chi connectivity index (χ0) is 39.7. The fourth-order valence-corrected chi connectivity index (χ4v) is 9.64. The Morgan fingerprint density at radius 2 is 1.10 bits per heavy atom. The Morgan fingerprint density at radius 3 is 1.86 bits per heavy atom. The van der Waals surface area contributed by atoms with Crippen molar-refractivity contribution < 1.29 is 0 Å².